The number of terminal acetylenes is 1. The number of ether oxygens (including phenoxy) is 1. The van der Waals surface area contributed by atoms with E-state index in [1.165, 1.54) is 13.2 Å². The van der Waals surface area contributed by atoms with Gasteiger partial charge in [0.15, 0.2) is 0 Å². The molecule has 3 heteroatoms. The van der Waals surface area contributed by atoms with E-state index in [4.69, 9.17) is 11.2 Å². The molecule has 1 N–H and O–H groups in total. The maximum atomic E-state index is 13.4. The number of benzene rings is 1. The largest absolute Gasteiger partial charge is 0.497 e. The summed E-state index contributed by atoms with van der Waals surface area (Å²) in [4.78, 5) is 0. The van der Waals surface area contributed by atoms with Crippen LogP contribution in [-0.4, -0.2) is 13.2 Å². The van der Waals surface area contributed by atoms with Crippen LogP contribution in [0.4, 0.5) is 4.39 Å². The monoisotopic (exact) mass is 207 g/mol. The lowest BCUT2D eigenvalue weighted by atomic mass is 10.2. The van der Waals surface area contributed by atoms with Gasteiger partial charge in [-0.05, 0) is 13.0 Å². The molecule has 2 nitrogen and oxygen atoms in total. The predicted octanol–water partition coefficient (Wildman–Crippen LogP) is 1.95. The van der Waals surface area contributed by atoms with Crippen molar-refractivity contribution in [1.82, 2.24) is 5.32 Å². The number of halogens is 1. The number of rotatable bonds is 4. The molecule has 0 amide bonds. The molecule has 1 unspecified atom stereocenters. The summed E-state index contributed by atoms with van der Waals surface area (Å²) in [6, 6.07) is 4.70. The Morgan fingerprint density at radius 3 is 2.87 bits per heavy atom. The Kier molecular flexibility index (Phi) is 4.14. The molecule has 1 atom stereocenters. The highest BCUT2D eigenvalue weighted by atomic mass is 19.1. The van der Waals surface area contributed by atoms with Gasteiger partial charge in [0.1, 0.15) is 11.6 Å². The summed E-state index contributed by atoms with van der Waals surface area (Å²) in [7, 11) is 1.51. The highest BCUT2D eigenvalue weighted by molar-refractivity contribution is 5.28. The number of nitrogens with one attached hydrogen (secondary N) is 1. The summed E-state index contributed by atoms with van der Waals surface area (Å²) in [6.45, 7) is 2.27. The average molecular weight is 207 g/mol. The fourth-order valence-electron chi connectivity index (χ4n) is 1.12. The summed E-state index contributed by atoms with van der Waals surface area (Å²) in [5.74, 6) is 2.75. The molecule has 0 radical (unpaired) electrons. The maximum absolute atomic E-state index is 13.4. The predicted molar refractivity (Wildman–Crippen MR) is 58.1 cm³/mol. The fraction of sp³-hybridized carbons (Fsp3) is 0.333. The highest BCUT2D eigenvalue weighted by Crippen LogP contribution is 2.15. The van der Waals surface area contributed by atoms with Crippen LogP contribution >= 0.6 is 0 Å². The lowest BCUT2D eigenvalue weighted by Crippen LogP contribution is -2.23. The van der Waals surface area contributed by atoms with Crippen LogP contribution in [0.2, 0.25) is 0 Å². The Labute approximate surface area is 89.4 Å². The minimum atomic E-state index is -0.286. The van der Waals surface area contributed by atoms with E-state index in [9.17, 15) is 4.39 Å². The normalized spacial score (nSPS) is 11.9. The molecule has 0 fully saturated rings. The Bertz CT molecular complexity index is 370. The minimum absolute atomic E-state index is 0.0634. The maximum Gasteiger partial charge on any atom is 0.131 e. The van der Waals surface area contributed by atoms with Gasteiger partial charge in [-0.25, -0.2) is 4.39 Å². The first-order valence-corrected chi connectivity index (χ1v) is 4.69. The van der Waals surface area contributed by atoms with E-state index in [-0.39, 0.29) is 11.9 Å². The molecular weight excluding hydrogens is 193 g/mol. The van der Waals surface area contributed by atoms with Crippen molar-refractivity contribution in [3.8, 4) is 18.1 Å². The second kappa shape index (κ2) is 5.38. The van der Waals surface area contributed by atoms with Crippen molar-refractivity contribution in [3.63, 3.8) is 0 Å². The van der Waals surface area contributed by atoms with Gasteiger partial charge in [0.2, 0.25) is 0 Å². The van der Waals surface area contributed by atoms with E-state index in [1.807, 2.05) is 6.92 Å². The van der Waals surface area contributed by atoms with Crippen molar-refractivity contribution in [2.24, 2.45) is 0 Å². The fourth-order valence-corrected chi connectivity index (χ4v) is 1.12. The molecule has 1 aromatic carbocycles. The highest BCUT2D eigenvalue weighted by Gasteiger charge is 2.04. The van der Waals surface area contributed by atoms with Crippen molar-refractivity contribution in [2.45, 2.75) is 19.5 Å². The molecule has 0 spiro atoms. The van der Waals surface area contributed by atoms with Crippen LogP contribution in [0.1, 0.15) is 12.5 Å². The third-order valence-electron chi connectivity index (χ3n) is 2.11. The van der Waals surface area contributed by atoms with Gasteiger partial charge in [0.25, 0.3) is 0 Å². The SMILES string of the molecule is C#CC(C)NCc1ccc(OC)cc1F. The van der Waals surface area contributed by atoms with Crippen LogP contribution in [0.3, 0.4) is 0 Å². The second-order valence-electron chi connectivity index (χ2n) is 3.23. The molecule has 0 aromatic heterocycles. The molecule has 0 aliphatic carbocycles. The van der Waals surface area contributed by atoms with E-state index in [0.717, 1.165) is 0 Å². The summed E-state index contributed by atoms with van der Waals surface area (Å²) in [5, 5.41) is 3.01. The van der Waals surface area contributed by atoms with E-state index in [0.29, 0.717) is 17.9 Å². The van der Waals surface area contributed by atoms with Gasteiger partial charge in [0, 0.05) is 18.2 Å². The molecule has 1 aromatic rings. The minimum Gasteiger partial charge on any atom is -0.497 e. The molecule has 0 saturated carbocycles. The van der Waals surface area contributed by atoms with Gasteiger partial charge >= 0.3 is 0 Å². The average Bonchev–Trinajstić information content (AvgIpc) is 2.26. The van der Waals surface area contributed by atoms with E-state index < -0.39 is 0 Å². The second-order valence-corrected chi connectivity index (χ2v) is 3.23. The van der Waals surface area contributed by atoms with Crippen LogP contribution in [0.5, 0.6) is 5.75 Å². The summed E-state index contributed by atoms with van der Waals surface area (Å²) < 4.78 is 18.3. The Balaban J connectivity index is 2.67. The molecule has 0 aliphatic heterocycles. The van der Waals surface area contributed by atoms with Gasteiger partial charge in [-0.2, -0.15) is 0 Å². The standard InChI is InChI=1S/C12H14FNO/c1-4-9(2)14-8-10-5-6-11(15-3)7-12(10)13/h1,5-7,9,14H,8H2,2-3H3. The van der Waals surface area contributed by atoms with Crippen LogP contribution in [0, 0.1) is 18.2 Å². The lowest BCUT2D eigenvalue weighted by Gasteiger charge is -2.09. The molecule has 80 valence electrons. The lowest BCUT2D eigenvalue weighted by molar-refractivity contribution is 0.410. The zero-order valence-electron chi connectivity index (χ0n) is 8.88. The first kappa shape index (κ1) is 11.5. The smallest absolute Gasteiger partial charge is 0.131 e. The van der Waals surface area contributed by atoms with Crippen molar-refractivity contribution >= 4 is 0 Å². The van der Waals surface area contributed by atoms with Gasteiger partial charge < -0.3 is 4.74 Å². The third-order valence-corrected chi connectivity index (χ3v) is 2.11. The molecule has 0 saturated heterocycles. The molecule has 1 rings (SSSR count). The van der Waals surface area contributed by atoms with Crippen molar-refractivity contribution in [3.05, 3.63) is 29.6 Å². The van der Waals surface area contributed by atoms with Crippen molar-refractivity contribution in [1.29, 1.82) is 0 Å². The zero-order chi connectivity index (χ0) is 11.3. The van der Waals surface area contributed by atoms with Crippen LogP contribution in [0.15, 0.2) is 18.2 Å². The van der Waals surface area contributed by atoms with Gasteiger partial charge in [0.05, 0.1) is 13.2 Å². The Morgan fingerprint density at radius 2 is 2.33 bits per heavy atom. The quantitative estimate of drug-likeness (QED) is 0.762. The van der Waals surface area contributed by atoms with Gasteiger partial charge in [-0.1, -0.05) is 12.0 Å². The first-order valence-electron chi connectivity index (χ1n) is 4.69. The summed E-state index contributed by atoms with van der Waals surface area (Å²) in [6.07, 6.45) is 5.19. The molecule has 0 bridgehead atoms. The molecular formula is C12H14FNO. The van der Waals surface area contributed by atoms with Crippen LogP contribution in [-0.2, 0) is 6.54 Å². The summed E-state index contributed by atoms with van der Waals surface area (Å²) in [5.41, 5.74) is 0.581. The van der Waals surface area contributed by atoms with Crippen molar-refractivity contribution in [2.75, 3.05) is 7.11 Å². The van der Waals surface area contributed by atoms with Crippen LogP contribution in [0.25, 0.3) is 0 Å². The number of methoxy groups -OCH3 is 1. The summed E-state index contributed by atoms with van der Waals surface area (Å²) >= 11 is 0. The molecule has 15 heavy (non-hydrogen) atoms. The topological polar surface area (TPSA) is 21.3 Å². The molecule has 0 heterocycles. The Hall–Kier alpha value is -1.53. The van der Waals surface area contributed by atoms with E-state index in [2.05, 4.69) is 11.2 Å². The van der Waals surface area contributed by atoms with E-state index in [1.54, 1.807) is 12.1 Å². The number of hydrogen-bond acceptors (Lipinski definition) is 2. The Morgan fingerprint density at radius 1 is 1.60 bits per heavy atom. The van der Waals surface area contributed by atoms with Gasteiger partial charge in [-0.3, -0.25) is 5.32 Å². The zero-order valence-corrected chi connectivity index (χ0v) is 8.88. The van der Waals surface area contributed by atoms with Crippen LogP contribution < -0.4 is 10.1 Å². The third kappa shape index (κ3) is 3.26. The number of hydrogen-bond donors (Lipinski definition) is 1. The van der Waals surface area contributed by atoms with E-state index >= 15 is 0 Å². The van der Waals surface area contributed by atoms with Gasteiger partial charge in [-0.15, -0.1) is 6.42 Å². The first-order chi connectivity index (χ1) is 7.17. The van der Waals surface area contributed by atoms with Crippen molar-refractivity contribution < 1.29 is 9.13 Å². The molecule has 0 aliphatic rings.